The van der Waals surface area contributed by atoms with Crippen LogP contribution in [-0.2, 0) is 14.3 Å². The van der Waals surface area contributed by atoms with Gasteiger partial charge in [0.05, 0.1) is 19.3 Å². The van der Waals surface area contributed by atoms with Crippen LogP contribution in [0.5, 0.6) is 0 Å². The van der Waals surface area contributed by atoms with Crippen LogP contribution in [0, 0.1) is 5.92 Å². The number of ether oxygens (including phenoxy) is 2. The number of hydrogen-bond donors (Lipinski definition) is 0. The summed E-state index contributed by atoms with van der Waals surface area (Å²) in [4.78, 5) is 11.0. The molecule has 1 aliphatic rings. The van der Waals surface area contributed by atoms with E-state index in [4.69, 9.17) is 9.47 Å². The molecule has 3 nitrogen and oxygen atoms in total. The molecular formula is C13H22O3. The van der Waals surface area contributed by atoms with Gasteiger partial charge in [0.2, 0.25) is 0 Å². The number of rotatable bonds is 5. The molecule has 16 heavy (non-hydrogen) atoms. The van der Waals surface area contributed by atoms with E-state index in [2.05, 4.69) is 6.92 Å². The maximum atomic E-state index is 11.0. The fourth-order valence-corrected chi connectivity index (χ4v) is 1.92. The van der Waals surface area contributed by atoms with Crippen LogP contribution in [0.4, 0.5) is 0 Å². The van der Waals surface area contributed by atoms with E-state index >= 15 is 0 Å². The van der Waals surface area contributed by atoms with Crippen molar-refractivity contribution in [3.63, 3.8) is 0 Å². The van der Waals surface area contributed by atoms with Gasteiger partial charge in [-0.15, -0.1) is 0 Å². The zero-order chi connectivity index (χ0) is 11.8. The Balaban J connectivity index is 2.08. The van der Waals surface area contributed by atoms with Gasteiger partial charge in [0.1, 0.15) is 0 Å². The fraction of sp³-hybridized carbons (Fsp3) is 0.769. The lowest BCUT2D eigenvalue weighted by Crippen LogP contribution is -2.20. The molecule has 92 valence electrons. The molecule has 0 heterocycles. The highest BCUT2D eigenvalue weighted by Gasteiger charge is 2.17. The highest BCUT2D eigenvalue weighted by Crippen LogP contribution is 2.25. The molecule has 1 fully saturated rings. The Labute approximate surface area is 97.8 Å². The Morgan fingerprint density at radius 2 is 2.00 bits per heavy atom. The van der Waals surface area contributed by atoms with Gasteiger partial charge in [-0.2, -0.15) is 0 Å². The quantitative estimate of drug-likeness (QED) is 0.534. The van der Waals surface area contributed by atoms with Crippen LogP contribution in [0.25, 0.3) is 0 Å². The Bertz CT molecular complexity index is 227. The highest BCUT2D eigenvalue weighted by molar-refractivity contribution is 5.81. The number of carbonyl (C=O) groups is 1. The van der Waals surface area contributed by atoms with Crippen molar-refractivity contribution in [3.8, 4) is 0 Å². The van der Waals surface area contributed by atoms with Gasteiger partial charge in [-0.3, -0.25) is 0 Å². The Hall–Kier alpha value is -0.830. The van der Waals surface area contributed by atoms with Gasteiger partial charge < -0.3 is 9.47 Å². The van der Waals surface area contributed by atoms with Crippen LogP contribution in [0.3, 0.4) is 0 Å². The Kier molecular flexibility index (Phi) is 6.16. The smallest absolute Gasteiger partial charge is 0.330 e. The number of carbonyl (C=O) groups excluding carboxylic acids is 1. The molecule has 1 aliphatic carbocycles. The van der Waals surface area contributed by atoms with Crippen LogP contribution in [0.2, 0.25) is 0 Å². The third kappa shape index (κ3) is 5.31. The summed E-state index contributed by atoms with van der Waals surface area (Å²) in [5, 5.41) is 0. The van der Waals surface area contributed by atoms with E-state index in [0.717, 1.165) is 18.8 Å². The molecule has 0 bridgehead atoms. The average Bonchev–Trinajstić information content (AvgIpc) is 2.27. The van der Waals surface area contributed by atoms with Crippen molar-refractivity contribution in [2.24, 2.45) is 5.92 Å². The second-order valence-corrected chi connectivity index (χ2v) is 4.37. The van der Waals surface area contributed by atoms with Gasteiger partial charge >= 0.3 is 5.97 Å². The summed E-state index contributed by atoms with van der Waals surface area (Å²) in [6, 6.07) is 0. The predicted molar refractivity (Wildman–Crippen MR) is 63.1 cm³/mol. The van der Waals surface area contributed by atoms with Gasteiger partial charge in [-0.1, -0.05) is 13.0 Å². The van der Waals surface area contributed by atoms with Crippen LogP contribution < -0.4 is 0 Å². The van der Waals surface area contributed by atoms with Gasteiger partial charge in [-0.05, 0) is 38.5 Å². The van der Waals surface area contributed by atoms with Crippen LogP contribution >= 0.6 is 0 Å². The molecule has 0 aromatic heterocycles. The van der Waals surface area contributed by atoms with Gasteiger partial charge in [0.15, 0.2) is 0 Å². The second kappa shape index (κ2) is 7.44. The van der Waals surface area contributed by atoms with Crippen LogP contribution in [-0.4, -0.2) is 25.3 Å². The first-order chi connectivity index (χ1) is 7.72. The zero-order valence-corrected chi connectivity index (χ0v) is 10.3. The van der Waals surface area contributed by atoms with Crippen molar-refractivity contribution in [2.75, 3.05) is 13.2 Å². The minimum Gasteiger partial charge on any atom is -0.463 e. The molecule has 0 spiro atoms. The summed E-state index contributed by atoms with van der Waals surface area (Å²) in [5.74, 6) is 0.554. The second-order valence-electron chi connectivity index (χ2n) is 4.37. The van der Waals surface area contributed by atoms with Crippen molar-refractivity contribution >= 4 is 5.97 Å². The first-order valence-corrected chi connectivity index (χ1v) is 6.17. The van der Waals surface area contributed by atoms with Crippen molar-refractivity contribution < 1.29 is 14.3 Å². The van der Waals surface area contributed by atoms with E-state index < -0.39 is 0 Å². The first-order valence-electron chi connectivity index (χ1n) is 6.17. The SMILES string of the molecule is CCOC(=O)/C=C/COC1CCC(C)CC1. The lowest BCUT2D eigenvalue weighted by atomic mass is 9.89. The summed E-state index contributed by atoms with van der Waals surface area (Å²) in [6.07, 6.45) is 8.36. The largest absolute Gasteiger partial charge is 0.463 e. The molecule has 1 saturated carbocycles. The van der Waals surface area contributed by atoms with E-state index in [1.807, 2.05) is 0 Å². The average molecular weight is 226 g/mol. The molecular weight excluding hydrogens is 204 g/mol. The number of hydrogen-bond acceptors (Lipinski definition) is 3. The summed E-state index contributed by atoms with van der Waals surface area (Å²) in [7, 11) is 0. The highest BCUT2D eigenvalue weighted by atomic mass is 16.5. The summed E-state index contributed by atoms with van der Waals surface area (Å²) in [5.41, 5.74) is 0. The molecule has 1 rings (SSSR count). The van der Waals surface area contributed by atoms with E-state index in [-0.39, 0.29) is 5.97 Å². The maximum Gasteiger partial charge on any atom is 0.330 e. The lowest BCUT2D eigenvalue weighted by molar-refractivity contribution is -0.137. The monoisotopic (exact) mass is 226 g/mol. The standard InChI is InChI=1S/C13H22O3/c1-3-15-13(14)5-4-10-16-12-8-6-11(2)7-9-12/h4-5,11-12H,3,6-10H2,1-2H3/b5-4+. The third-order valence-corrected chi connectivity index (χ3v) is 2.93. The Morgan fingerprint density at radius 1 is 1.31 bits per heavy atom. The Morgan fingerprint density at radius 3 is 2.62 bits per heavy atom. The number of esters is 1. The van der Waals surface area contributed by atoms with E-state index in [0.29, 0.717) is 19.3 Å². The molecule has 0 amide bonds. The van der Waals surface area contributed by atoms with Gasteiger partial charge in [0, 0.05) is 6.08 Å². The van der Waals surface area contributed by atoms with Crippen LogP contribution in [0.1, 0.15) is 39.5 Å². The predicted octanol–water partition coefficient (Wildman–Crippen LogP) is 2.70. The van der Waals surface area contributed by atoms with E-state index in [1.54, 1.807) is 13.0 Å². The lowest BCUT2D eigenvalue weighted by Gasteiger charge is -2.25. The molecule has 0 radical (unpaired) electrons. The zero-order valence-electron chi connectivity index (χ0n) is 10.3. The van der Waals surface area contributed by atoms with Crippen LogP contribution in [0.15, 0.2) is 12.2 Å². The van der Waals surface area contributed by atoms with Crippen molar-refractivity contribution in [2.45, 2.75) is 45.6 Å². The molecule has 3 heteroatoms. The normalized spacial score (nSPS) is 25.9. The molecule has 0 aromatic carbocycles. The summed E-state index contributed by atoms with van der Waals surface area (Å²) in [6.45, 7) is 5.02. The van der Waals surface area contributed by atoms with Crippen molar-refractivity contribution in [1.29, 1.82) is 0 Å². The van der Waals surface area contributed by atoms with E-state index in [9.17, 15) is 4.79 Å². The molecule has 0 atom stereocenters. The third-order valence-electron chi connectivity index (χ3n) is 2.93. The van der Waals surface area contributed by atoms with Gasteiger partial charge in [-0.25, -0.2) is 4.79 Å². The molecule has 0 unspecified atom stereocenters. The maximum absolute atomic E-state index is 11.0. The molecule has 0 N–H and O–H groups in total. The molecule has 0 aliphatic heterocycles. The molecule has 0 saturated heterocycles. The van der Waals surface area contributed by atoms with Crippen molar-refractivity contribution in [3.05, 3.63) is 12.2 Å². The first kappa shape index (κ1) is 13.2. The van der Waals surface area contributed by atoms with Gasteiger partial charge in [0.25, 0.3) is 0 Å². The minimum absolute atomic E-state index is 0.289. The topological polar surface area (TPSA) is 35.5 Å². The minimum atomic E-state index is -0.289. The summed E-state index contributed by atoms with van der Waals surface area (Å²) >= 11 is 0. The fourth-order valence-electron chi connectivity index (χ4n) is 1.92. The van der Waals surface area contributed by atoms with Crippen molar-refractivity contribution in [1.82, 2.24) is 0 Å². The molecule has 0 aromatic rings. The van der Waals surface area contributed by atoms with E-state index in [1.165, 1.54) is 18.9 Å². The summed E-state index contributed by atoms with van der Waals surface area (Å²) < 4.78 is 10.4.